The van der Waals surface area contributed by atoms with Gasteiger partial charge in [0.2, 0.25) is 5.91 Å². The van der Waals surface area contributed by atoms with Crippen LogP contribution in [0.25, 0.3) is 10.2 Å². The number of anilines is 1. The summed E-state index contributed by atoms with van der Waals surface area (Å²) in [6.07, 6.45) is 1.49. The standard InChI is InChI=1S/C20H21FN4OS/c1-20(2,23-13-22)12-25(18(26)10-14-6-4-3-5-7-14)19-24-16-9-8-15(21)11-17(16)27-19/h3-9,11,13H,10,12H2,1-2H3,(H2,22,23). The molecule has 0 fully saturated rings. The van der Waals surface area contributed by atoms with Gasteiger partial charge in [-0.25, -0.2) is 9.37 Å². The number of amides is 1. The molecule has 1 aromatic heterocycles. The van der Waals surface area contributed by atoms with E-state index in [0.29, 0.717) is 21.9 Å². The summed E-state index contributed by atoms with van der Waals surface area (Å²) in [7, 11) is 0. The lowest BCUT2D eigenvalue weighted by atomic mass is 10.1. The van der Waals surface area contributed by atoms with Gasteiger partial charge in [0.1, 0.15) is 5.82 Å². The van der Waals surface area contributed by atoms with Crippen molar-refractivity contribution >= 4 is 38.9 Å². The molecule has 0 radical (unpaired) electrons. The van der Waals surface area contributed by atoms with Crippen LogP contribution in [-0.4, -0.2) is 29.3 Å². The van der Waals surface area contributed by atoms with E-state index >= 15 is 0 Å². The van der Waals surface area contributed by atoms with Gasteiger partial charge in [-0.15, -0.1) is 0 Å². The molecule has 27 heavy (non-hydrogen) atoms. The van der Waals surface area contributed by atoms with Gasteiger partial charge in [-0.2, -0.15) is 0 Å². The van der Waals surface area contributed by atoms with Gasteiger partial charge >= 0.3 is 0 Å². The van der Waals surface area contributed by atoms with E-state index in [1.165, 1.54) is 29.8 Å². The van der Waals surface area contributed by atoms with Crippen LogP contribution >= 0.6 is 11.3 Å². The van der Waals surface area contributed by atoms with Crippen molar-refractivity contribution in [1.29, 1.82) is 0 Å². The highest BCUT2D eigenvalue weighted by Gasteiger charge is 2.27. The quantitative estimate of drug-likeness (QED) is 0.519. The van der Waals surface area contributed by atoms with Crippen LogP contribution in [0.4, 0.5) is 9.52 Å². The molecule has 140 valence electrons. The summed E-state index contributed by atoms with van der Waals surface area (Å²) in [5.41, 5.74) is 6.46. The summed E-state index contributed by atoms with van der Waals surface area (Å²) < 4.78 is 14.2. The maximum atomic E-state index is 13.5. The number of rotatable bonds is 6. The van der Waals surface area contributed by atoms with Crippen molar-refractivity contribution < 1.29 is 9.18 Å². The van der Waals surface area contributed by atoms with Gasteiger partial charge in [-0.1, -0.05) is 41.7 Å². The Morgan fingerprint density at radius 1 is 1.30 bits per heavy atom. The van der Waals surface area contributed by atoms with Gasteiger partial charge in [-0.05, 0) is 37.6 Å². The molecule has 0 saturated carbocycles. The molecule has 0 aliphatic heterocycles. The van der Waals surface area contributed by atoms with Crippen LogP contribution in [0.3, 0.4) is 0 Å². The predicted octanol–water partition coefficient (Wildman–Crippen LogP) is 3.78. The second-order valence-corrected chi connectivity index (χ2v) is 7.85. The highest BCUT2D eigenvalue weighted by atomic mass is 32.1. The Labute approximate surface area is 161 Å². The van der Waals surface area contributed by atoms with E-state index < -0.39 is 5.54 Å². The predicted molar refractivity (Wildman–Crippen MR) is 109 cm³/mol. The van der Waals surface area contributed by atoms with Crippen molar-refractivity contribution in [2.45, 2.75) is 25.8 Å². The summed E-state index contributed by atoms with van der Waals surface area (Å²) in [4.78, 5) is 23.5. The summed E-state index contributed by atoms with van der Waals surface area (Å²) in [6, 6.07) is 13.9. The normalized spacial score (nSPS) is 12.0. The molecule has 7 heteroatoms. The minimum absolute atomic E-state index is 0.0963. The number of fused-ring (bicyclic) bond motifs is 1. The molecule has 0 unspecified atom stereocenters. The average Bonchev–Trinajstić information content (AvgIpc) is 3.03. The highest BCUT2D eigenvalue weighted by Crippen LogP contribution is 2.31. The number of halogens is 1. The Kier molecular flexibility index (Phi) is 5.51. The van der Waals surface area contributed by atoms with Crippen LogP contribution in [-0.2, 0) is 11.2 Å². The molecule has 0 bridgehead atoms. The van der Waals surface area contributed by atoms with Crippen LogP contribution in [0.2, 0.25) is 0 Å². The van der Waals surface area contributed by atoms with Crippen molar-refractivity contribution in [1.82, 2.24) is 4.98 Å². The molecule has 3 aromatic rings. The zero-order chi connectivity index (χ0) is 19.4. The fourth-order valence-electron chi connectivity index (χ4n) is 2.76. The van der Waals surface area contributed by atoms with Crippen LogP contribution in [0.5, 0.6) is 0 Å². The van der Waals surface area contributed by atoms with E-state index in [4.69, 9.17) is 5.73 Å². The zero-order valence-corrected chi connectivity index (χ0v) is 16.0. The van der Waals surface area contributed by atoms with Crippen molar-refractivity contribution in [3.05, 3.63) is 59.9 Å². The van der Waals surface area contributed by atoms with E-state index in [1.807, 2.05) is 44.2 Å². The van der Waals surface area contributed by atoms with Crippen molar-refractivity contribution in [2.24, 2.45) is 10.7 Å². The summed E-state index contributed by atoms with van der Waals surface area (Å²) >= 11 is 1.29. The van der Waals surface area contributed by atoms with Gasteiger partial charge in [0, 0.05) is 0 Å². The zero-order valence-electron chi connectivity index (χ0n) is 15.2. The summed E-state index contributed by atoms with van der Waals surface area (Å²) in [6.45, 7) is 4.10. The fraction of sp³-hybridized carbons (Fsp3) is 0.250. The van der Waals surface area contributed by atoms with Gasteiger partial charge in [-0.3, -0.25) is 14.7 Å². The van der Waals surface area contributed by atoms with Gasteiger partial charge in [0.05, 0.1) is 35.1 Å². The van der Waals surface area contributed by atoms with Crippen molar-refractivity contribution in [2.75, 3.05) is 11.4 Å². The topological polar surface area (TPSA) is 71.6 Å². The minimum Gasteiger partial charge on any atom is -0.390 e. The lowest BCUT2D eigenvalue weighted by Crippen LogP contribution is -2.42. The van der Waals surface area contributed by atoms with E-state index in [2.05, 4.69) is 9.98 Å². The molecule has 0 saturated heterocycles. The molecule has 1 amide bonds. The lowest BCUT2D eigenvalue weighted by molar-refractivity contribution is -0.118. The first-order valence-electron chi connectivity index (χ1n) is 8.54. The third-order valence-electron chi connectivity index (χ3n) is 4.04. The van der Waals surface area contributed by atoms with Gasteiger partial charge in [0.25, 0.3) is 0 Å². The molecule has 0 spiro atoms. The van der Waals surface area contributed by atoms with Gasteiger partial charge in [0.15, 0.2) is 5.13 Å². The third kappa shape index (κ3) is 4.68. The van der Waals surface area contributed by atoms with E-state index in [0.717, 1.165) is 5.56 Å². The molecule has 5 nitrogen and oxygen atoms in total. The molecule has 0 atom stereocenters. The Bertz CT molecular complexity index is 969. The molecule has 3 rings (SSSR count). The minimum atomic E-state index is -0.579. The Hall–Kier alpha value is -2.80. The molecule has 1 heterocycles. The number of nitrogens with zero attached hydrogens (tertiary/aromatic N) is 3. The number of aliphatic imine (C=N–C) groups is 1. The molecule has 2 N–H and O–H groups in total. The van der Waals surface area contributed by atoms with Crippen LogP contribution in [0, 0.1) is 5.82 Å². The maximum absolute atomic E-state index is 13.5. The second kappa shape index (κ2) is 7.84. The summed E-state index contributed by atoms with van der Waals surface area (Å²) in [5.74, 6) is -0.422. The monoisotopic (exact) mass is 384 g/mol. The second-order valence-electron chi connectivity index (χ2n) is 6.84. The Morgan fingerprint density at radius 2 is 2.04 bits per heavy atom. The SMILES string of the molecule is CC(C)(CN(C(=O)Cc1ccccc1)c1nc2ccc(F)cc2s1)N=CN. The maximum Gasteiger partial charge on any atom is 0.233 e. The van der Waals surface area contributed by atoms with E-state index in [9.17, 15) is 9.18 Å². The molecule has 2 aromatic carbocycles. The number of nitrogens with two attached hydrogens (primary N) is 1. The Morgan fingerprint density at radius 3 is 2.74 bits per heavy atom. The number of carbonyl (C=O) groups excluding carboxylic acids is 1. The number of hydrogen-bond acceptors (Lipinski definition) is 4. The number of benzene rings is 2. The van der Waals surface area contributed by atoms with Crippen LogP contribution in [0.15, 0.2) is 53.5 Å². The number of carbonyl (C=O) groups is 1. The van der Waals surface area contributed by atoms with Crippen LogP contribution < -0.4 is 10.6 Å². The van der Waals surface area contributed by atoms with Crippen molar-refractivity contribution in [3.8, 4) is 0 Å². The van der Waals surface area contributed by atoms with E-state index in [1.54, 1.807) is 11.0 Å². The first kappa shape index (κ1) is 19.0. The number of hydrogen-bond donors (Lipinski definition) is 1. The third-order valence-corrected chi connectivity index (χ3v) is 5.08. The largest absolute Gasteiger partial charge is 0.390 e. The Balaban J connectivity index is 1.96. The van der Waals surface area contributed by atoms with Crippen molar-refractivity contribution in [3.63, 3.8) is 0 Å². The fourth-order valence-corrected chi connectivity index (χ4v) is 3.77. The van der Waals surface area contributed by atoms with Crippen LogP contribution in [0.1, 0.15) is 19.4 Å². The average molecular weight is 384 g/mol. The molecule has 0 aliphatic carbocycles. The highest BCUT2D eigenvalue weighted by molar-refractivity contribution is 7.22. The smallest absolute Gasteiger partial charge is 0.233 e. The first-order chi connectivity index (χ1) is 12.9. The first-order valence-corrected chi connectivity index (χ1v) is 9.35. The number of thiazole rings is 1. The molecular formula is C20H21FN4OS. The van der Waals surface area contributed by atoms with Gasteiger partial charge < -0.3 is 5.73 Å². The lowest BCUT2D eigenvalue weighted by Gasteiger charge is -2.28. The number of aromatic nitrogens is 1. The van der Waals surface area contributed by atoms with E-state index in [-0.39, 0.29) is 18.1 Å². The molecule has 0 aliphatic rings. The molecular weight excluding hydrogens is 363 g/mol. The summed E-state index contributed by atoms with van der Waals surface area (Å²) in [5, 5.41) is 0.525.